The second kappa shape index (κ2) is 10.4. The lowest BCUT2D eigenvalue weighted by Crippen LogP contribution is -2.18. The van der Waals surface area contributed by atoms with Gasteiger partial charge >= 0.3 is 0 Å². The van der Waals surface area contributed by atoms with Crippen LogP contribution in [0.25, 0.3) is 0 Å². The second-order valence-electron chi connectivity index (χ2n) is 9.27. The molecule has 0 aliphatic heterocycles. The van der Waals surface area contributed by atoms with Gasteiger partial charge in [-0.2, -0.15) is 5.26 Å². The van der Waals surface area contributed by atoms with Crippen molar-refractivity contribution in [2.24, 2.45) is 17.8 Å². The smallest absolute Gasteiger partial charge is 0.176 e. The van der Waals surface area contributed by atoms with Crippen molar-refractivity contribution in [2.45, 2.75) is 96.3 Å². The fourth-order valence-electron chi connectivity index (χ4n) is 5.50. The van der Waals surface area contributed by atoms with Crippen LogP contribution in [0.5, 0.6) is 0 Å². The lowest BCUT2D eigenvalue weighted by molar-refractivity contribution is 0.222. The van der Waals surface area contributed by atoms with Gasteiger partial charge in [0, 0.05) is 0 Å². The molecule has 3 heteroatoms. The lowest BCUT2D eigenvalue weighted by atomic mass is 9.74. The van der Waals surface area contributed by atoms with Gasteiger partial charge in [-0.1, -0.05) is 70.8 Å². The molecule has 1 nitrogen and oxygen atoms in total. The molecule has 2 saturated carbocycles. The first-order valence-corrected chi connectivity index (χ1v) is 11.5. The van der Waals surface area contributed by atoms with Crippen LogP contribution in [0.15, 0.2) is 12.1 Å². The Morgan fingerprint density at radius 1 is 0.821 bits per heavy atom. The maximum atomic E-state index is 14.3. The molecule has 3 rings (SSSR count). The first-order valence-electron chi connectivity index (χ1n) is 11.5. The molecule has 1 aromatic carbocycles. The van der Waals surface area contributed by atoms with Crippen LogP contribution in [-0.2, 0) is 0 Å². The van der Waals surface area contributed by atoms with E-state index >= 15 is 0 Å². The number of nitriles is 1. The molecule has 0 N–H and O–H groups in total. The van der Waals surface area contributed by atoms with Crippen LogP contribution >= 0.6 is 0 Å². The number of hydrogen-bond acceptors (Lipinski definition) is 1. The summed E-state index contributed by atoms with van der Waals surface area (Å²) in [5.41, 5.74) is 0.278. The molecule has 2 aliphatic rings. The molecule has 154 valence electrons. The van der Waals surface area contributed by atoms with Gasteiger partial charge in [0.05, 0.1) is 5.56 Å². The minimum Gasteiger partial charge on any atom is -0.203 e. The molecule has 2 aliphatic carbocycles. The molecule has 0 saturated heterocycles. The van der Waals surface area contributed by atoms with Crippen molar-refractivity contribution in [3.8, 4) is 6.07 Å². The van der Waals surface area contributed by atoms with Gasteiger partial charge in [0.15, 0.2) is 11.6 Å². The summed E-state index contributed by atoms with van der Waals surface area (Å²) in [6.45, 7) is 2.28. The minimum absolute atomic E-state index is 0.104. The van der Waals surface area contributed by atoms with E-state index in [1.807, 2.05) is 0 Å². The summed E-state index contributed by atoms with van der Waals surface area (Å²) in [7, 11) is 0. The van der Waals surface area contributed by atoms with E-state index in [0.717, 1.165) is 43.4 Å². The summed E-state index contributed by atoms with van der Waals surface area (Å²) < 4.78 is 28.2. The van der Waals surface area contributed by atoms with Crippen LogP contribution < -0.4 is 0 Å². The molecule has 0 unspecified atom stereocenters. The number of hydrogen-bond donors (Lipinski definition) is 0. The van der Waals surface area contributed by atoms with E-state index < -0.39 is 11.6 Å². The average molecular weight is 388 g/mol. The van der Waals surface area contributed by atoms with Crippen LogP contribution in [-0.4, -0.2) is 0 Å². The largest absolute Gasteiger partial charge is 0.203 e. The third-order valence-corrected chi connectivity index (χ3v) is 7.43. The number of nitrogens with zero attached hydrogens (tertiary/aromatic N) is 1. The Balaban J connectivity index is 1.41. The lowest BCUT2D eigenvalue weighted by Gasteiger charge is -2.32. The monoisotopic (exact) mass is 387 g/mol. The third kappa shape index (κ3) is 5.34. The maximum absolute atomic E-state index is 14.3. The van der Waals surface area contributed by atoms with Crippen molar-refractivity contribution >= 4 is 0 Å². The van der Waals surface area contributed by atoms with Crippen molar-refractivity contribution in [2.75, 3.05) is 0 Å². The molecule has 0 radical (unpaired) electrons. The molecule has 28 heavy (non-hydrogen) atoms. The van der Waals surface area contributed by atoms with Crippen molar-refractivity contribution in [1.82, 2.24) is 0 Å². The molecule has 2 fully saturated rings. The zero-order chi connectivity index (χ0) is 19.9. The normalized spacial score (nSPS) is 28.1. The highest BCUT2D eigenvalue weighted by atomic mass is 19.2. The SMILES string of the molecule is CCCCC1CCC(CCC2CCC(c3ccc(C#N)c(F)c3F)CC2)CC1. The van der Waals surface area contributed by atoms with Crippen LogP contribution in [0, 0.1) is 40.7 Å². The molecule has 1 aromatic rings. The quantitative estimate of drug-likeness (QED) is 0.466. The predicted molar refractivity (Wildman–Crippen MR) is 110 cm³/mol. The van der Waals surface area contributed by atoms with Gasteiger partial charge in [-0.15, -0.1) is 0 Å². The molecule has 0 spiro atoms. The van der Waals surface area contributed by atoms with Crippen molar-refractivity contribution in [3.05, 3.63) is 34.9 Å². The molecule has 0 heterocycles. The fraction of sp³-hybridized carbons (Fsp3) is 0.720. The summed E-state index contributed by atoms with van der Waals surface area (Å²) in [6.07, 6.45) is 16.6. The zero-order valence-electron chi connectivity index (χ0n) is 17.4. The number of rotatable bonds is 7. The Bertz CT molecular complexity index is 662. The van der Waals surface area contributed by atoms with Crippen LogP contribution in [0.1, 0.15) is 107 Å². The van der Waals surface area contributed by atoms with E-state index in [9.17, 15) is 8.78 Å². The van der Waals surface area contributed by atoms with Crippen LogP contribution in [0.4, 0.5) is 8.78 Å². The Hall–Kier alpha value is -1.43. The summed E-state index contributed by atoms with van der Waals surface area (Å²) in [5, 5.41) is 8.84. The van der Waals surface area contributed by atoms with Gasteiger partial charge in [-0.3, -0.25) is 0 Å². The maximum Gasteiger partial charge on any atom is 0.176 e. The van der Waals surface area contributed by atoms with Crippen LogP contribution in [0.2, 0.25) is 0 Å². The Morgan fingerprint density at radius 2 is 1.36 bits per heavy atom. The summed E-state index contributed by atoms with van der Waals surface area (Å²) in [6, 6.07) is 4.77. The van der Waals surface area contributed by atoms with Gasteiger partial charge in [0.1, 0.15) is 6.07 Å². The van der Waals surface area contributed by atoms with Crippen LogP contribution in [0.3, 0.4) is 0 Å². The van der Waals surface area contributed by atoms with Gasteiger partial charge < -0.3 is 0 Å². The summed E-state index contributed by atoms with van der Waals surface area (Å²) in [4.78, 5) is 0. The van der Waals surface area contributed by atoms with Crippen molar-refractivity contribution < 1.29 is 8.78 Å². The van der Waals surface area contributed by atoms with E-state index in [2.05, 4.69) is 6.92 Å². The Labute approximate surface area is 169 Å². The third-order valence-electron chi connectivity index (χ3n) is 7.43. The topological polar surface area (TPSA) is 23.8 Å². The minimum atomic E-state index is -0.975. The standard InChI is InChI=1S/C25H35F2N/c1-2-3-4-18-5-7-19(8-6-18)9-10-20-11-13-21(14-12-20)23-16-15-22(17-28)24(26)25(23)27/h15-16,18-21H,2-14H2,1H3. The average Bonchev–Trinajstić information content (AvgIpc) is 2.74. The number of benzene rings is 1. The van der Waals surface area contributed by atoms with E-state index in [4.69, 9.17) is 5.26 Å². The van der Waals surface area contributed by atoms with E-state index in [-0.39, 0.29) is 11.5 Å². The van der Waals surface area contributed by atoms with Gasteiger partial charge in [0.2, 0.25) is 0 Å². The summed E-state index contributed by atoms with van der Waals surface area (Å²) >= 11 is 0. The Kier molecular flexibility index (Phi) is 7.89. The molecular weight excluding hydrogens is 352 g/mol. The highest BCUT2D eigenvalue weighted by molar-refractivity contribution is 5.36. The molecule has 0 amide bonds. The highest BCUT2D eigenvalue weighted by Crippen LogP contribution is 2.41. The van der Waals surface area contributed by atoms with Crippen molar-refractivity contribution in [3.63, 3.8) is 0 Å². The zero-order valence-corrected chi connectivity index (χ0v) is 17.4. The number of halogens is 2. The van der Waals surface area contributed by atoms with E-state index in [0.29, 0.717) is 5.56 Å². The second-order valence-corrected chi connectivity index (χ2v) is 9.27. The van der Waals surface area contributed by atoms with Gasteiger partial charge in [0.25, 0.3) is 0 Å². The first-order chi connectivity index (χ1) is 13.6. The molecule has 0 bridgehead atoms. The number of unbranched alkanes of at least 4 members (excludes halogenated alkanes) is 1. The Morgan fingerprint density at radius 3 is 1.89 bits per heavy atom. The van der Waals surface area contributed by atoms with Crippen molar-refractivity contribution in [1.29, 1.82) is 5.26 Å². The first kappa shape index (κ1) is 21.3. The fourth-order valence-corrected chi connectivity index (χ4v) is 5.50. The highest BCUT2D eigenvalue weighted by Gasteiger charge is 2.27. The molecule has 0 atom stereocenters. The van der Waals surface area contributed by atoms with Gasteiger partial charge in [-0.25, -0.2) is 8.78 Å². The predicted octanol–water partition coefficient (Wildman–Crippen LogP) is 7.89. The van der Waals surface area contributed by atoms with E-state index in [1.54, 1.807) is 12.1 Å². The van der Waals surface area contributed by atoms with Gasteiger partial charge in [-0.05, 0) is 61.0 Å². The van der Waals surface area contributed by atoms with E-state index in [1.165, 1.54) is 63.9 Å². The molecular formula is C25H35F2N. The summed E-state index contributed by atoms with van der Waals surface area (Å²) in [5.74, 6) is 0.974. The molecule has 0 aromatic heterocycles.